The van der Waals surface area contributed by atoms with Crippen molar-refractivity contribution in [3.63, 3.8) is 0 Å². The Labute approximate surface area is 144 Å². The van der Waals surface area contributed by atoms with Crippen LogP contribution in [-0.2, 0) is 18.3 Å². The van der Waals surface area contributed by atoms with Gasteiger partial charge in [0.2, 0.25) is 0 Å². The first kappa shape index (κ1) is 18.2. The second-order valence-electron chi connectivity index (χ2n) is 6.29. The molecule has 0 saturated heterocycles. The van der Waals surface area contributed by atoms with E-state index in [1.165, 1.54) is 5.56 Å². The van der Waals surface area contributed by atoms with Crippen LogP contribution in [0, 0.1) is 27.7 Å². The van der Waals surface area contributed by atoms with Gasteiger partial charge >= 0.3 is 0 Å². The number of hydrogen-bond acceptors (Lipinski definition) is 3. The molecule has 130 valence electrons. The van der Waals surface area contributed by atoms with Gasteiger partial charge in [0, 0.05) is 44.1 Å². The van der Waals surface area contributed by atoms with Crippen LogP contribution in [0.2, 0.25) is 0 Å². The van der Waals surface area contributed by atoms with Crippen LogP contribution in [0.4, 0.5) is 0 Å². The van der Waals surface area contributed by atoms with Gasteiger partial charge in [-0.15, -0.1) is 0 Å². The lowest BCUT2D eigenvalue weighted by Crippen LogP contribution is -2.34. The Kier molecular flexibility index (Phi) is 5.78. The number of carbonyl (C=O) groups is 1. The van der Waals surface area contributed by atoms with Gasteiger partial charge in [0.1, 0.15) is 0 Å². The Morgan fingerprint density at radius 1 is 1.21 bits per heavy atom. The van der Waals surface area contributed by atoms with Crippen molar-refractivity contribution in [3.05, 3.63) is 51.8 Å². The Hall–Kier alpha value is -2.14. The van der Waals surface area contributed by atoms with Crippen LogP contribution in [0.1, 0.15) is 38.4 Å². The summed E-state index contributed by atoms with van der Waals surface area (Å²) in [5.41, 5.74) is 6.18. The Bertz CT molecular complexity index is 734. The molecule has 0 atom stereocenters. The third-order valence-electron chi connectivity index (χ3n) is 4.61. The molecule has 5 heteroatoms. The quantitative estimate of drug-likeness (QED) is 0.818. The van der Waals surface area contributed by atoms with E-state index < -0.39 is 0 Å². The van der Waals surface area contributed by atoms with E-state index in [9.17, 15) is 4.79 Å². The number of carbonyl (C=O) groups excluding carboxylic acids is 1. The van der Waals surface area contributed by atoms with E-state index in [4.69, 9.17) is 4.74 Å². The van der Waals surface area contributed by atoms with Gasteiger partial charge in [0.15, 0.2) is 0 Å². The molecule has 0 spiro atoms. The molecule has 0 unspecified atom stereocenters. The van der Waals surface area contributed by atoms with Crippen molar-refractivity contribution in [1.29, 1.82) is 0 Å². The molecule has 1 heterocycles. The first-order valence-electron chi connectivity index (χ1n) is 8.19. The molecule has 0 fully saturated rings. The van der Waals surface area contributed by atoms with E-state index in [2.05, 4.69) is 12.0 Å². The molecule has 0 saturated carbocycles. The number of aryl methyl sites for hydroxylation is 4. The molecular weight excluding hydrogens is 302 g/mol. The lowest BCUT2D eigenvalue weighted by atomic mass is 10.0. The lowest BCUT2D eigenvalue weighted by Gasteiger charge is -2.23. The highest BCUT2D eigenvalue weighted by Gasteiger charge is 2.20. The van der Waals surface area contributed by atoms with E-state index >= 15 is 0 Å². The molecule has 0 N–H and O–H groups in total. The van der Waals surface area contributed by atoms with Crippen molar-refractivity contribution in [2.24, 2.45) is 7.05 Å². The fourth-order valence-electron chi connectivity index (χ4n) is 2.75. The molecule has 0 bridgehead atoms. The van der Waals surface area contributed by atoms with Crippen LogP contribution in [0.15, 0.2) is 18.2 Å². The van der Waals surface area contributed by atoms with Gasteiger partial charge in [0.05, 0.1) is 12.3 Å². The third-order valence-corrected chi connectivity index (χ3v) is 4.61. The van der Waals surface area contributed by atoms with E-state index in [1.807, 2.05) is 55.6 Å². The van der Waals surface area contributed by atoms with Gasteiger partial charge in [-0.2, -0.15) is 5.10 Å². The maximum Gasteiger partial charge on any atom is 0.254 e. The summed E-state index contributed by atoms with van der Waals surface area (Å²) in [6.45, 7) is 9.70. The number of hydrogen-bond donors (Lipinski definition) is 0. The molecule has 0 radical (unpaired) electrons. The topological polar surface area (TPSA) is 47.4 Å². The summed E-state index contributed by atoms with van der Waals surface area (Å²) in [7, 11) is 3.58. The van der Waals surface area contributed by atoms with Crippen molar-refractivity contribution in [2.45, 2.75) is 34.2 Å². The summed E-state index contributed by atoms with van der Waals surface area (Å²) in [6, 6.07) is 5.85. The highest BCUT2D eigenvalue weighted by molar-refractivity contribution is 5.94. The molecule has 1 aromatic heterocycles. The maximum absolute atomic E-state index is 13.0. The van der Waals surface area contributed by atoms with Crippen LogP contribution < -0.4 is 0 Å². The van der Waals surface area contributed by atoms with Crippen molar-refractivity contribution in [3.8, 4) is 0 Å². The summed E-state index contributed by atoms with van der Waals surface area (Å²) in [6.07, 6.45) is 0. The van der Waals surface area contributed by atoms with E-state index in [-0.39, 0.29) is 5.91 Å². The smallest absolute Gasteiger partial charge is 0.254 e. The highest BCUT2D eigenvalue weighted by Crippen LogP contribution is 2.18. The standard InChI is InChI=1S/C19H27N3O2/c1-13-7-8-17(11-14(13)2)19(23)22(9-10-24-6)12-18-15(3)20-21(5)16(18)4/h7-8,11H,9-10,12H2,1-6H3. The van der Waals surface area contributed by atoms with Gasteiger partial charge in [-0.3, -0.25) is 9.48 Å². The van der Waals surface area contributed by atoms with E-state index in [0.29, 0.717) is 25.3 Å². The number of rotatable bonds is 6. The summed E-state index contributed by atoms with van der Waals surface area (Å²) in [4.78, 5) is 14.8. The molecule has 2 aromatic rings. The minimum atomic E-state index is 0.0257. The molecule has 5 nitrogen and oxygen atoms in total. The predicted octanol–water partition coefficient (Wildman–Crippen LogP) is 2.94. The first-order chi connectivity index (χ1) is 11.3. The molecule has 1 aromatic carbocycles. The largest absolute Gasteiger partial charge is 0.383 e. The third kappa shape index (κ3) is 3.85. The van der Waals surface area contributed by atoms with Crippen molar-refractivity contribution < 1.29 is 9.53 Å². The summed E-state index contributed by atoms with van der Waals surface area (Å²) in [5.74, 6) is 0.0257. The highest BCUT2D eigenvalue weighted by atomic mass is 16.5. The number of amides is 1. The van der Waals surface area contributed by atoms with Crippen LogP contribution in [0.5, 0.6) is 0 Å². The number of methoxy groups -OCH3 is 1. The first-order valence-corrected chi connectivity index (χ1v) is 8.19. The van der Waals surface area contributed by atoms with Gasteiger partial charge < -0.3 is 9.64 Å². The molecule has 0 aliphatic heterocycles. The summed E-state index contributed by atoms with van der Waals surface area (Å²) >= 11 is 0. The second-order valence-corrected chi connectivity index (χ2v) is 6.29. The van der Waals surface area contributed by atoms with Crippen molar-refractivity contribution in [2.75, 3.05) is 20.3 Å². The summed E-state index contributed by atoms with van der Waals surface area (Å²) in [5, 5.41) is 4.45. The zero-order chi connectivity index (χ0) is 17.9. The predicted molar refractivity (Wildman–Crippen MR) is 95.2 cm³/mol. The molecular formula is C19H27N3O2. The molecule has 1 amide bonds. The van der Waals surface area contributed by atoms with E-state index in [1.54, 1.807) is 7.11 Å². The monoisotopic (exact) mass is 329 g/mol. The fraction of sp³-hybridized carbons (Fsp3) is 0.474. The maximum atomic E-state index is 13.0. The zero-order valence-corrected chi connectivity index (χ0v) is 15.5. The van der Waals surface area contributed by atoms with Crippen molar-refractivity contribution in [1.82, 2.24) is 14.7 Å². The van der Waals surface area contributed by atoms with Crippen molar-refractivity contribution >= 4 is 5.91 Å². The summed E-state index contributed by atoms with van der Waals surface area (Å²) < 4.78 is 7.05. The second kappa shape index (κ2) is 7.62. The molecule has 24 heavy (non-hydrogen) atoms. The number of ether oxygens (including phenoxy) is 1. The zero-order valence-electron chi connectivity index (χ0n) is 15.5. The Balaban J connectivity index is 2.30. The van der Waals surface area contributed by atoms with Crippen LogP contribution in [0.25, 0.3) is 0 Å². The van der Waals surface area contributed by atoms with Crippen LogP contribution in [0.3, 0.4) is 0 Å². The van der Waals surface area contributed by atoms with Crippen LogP contribution in [-0.4, -0.2) is 40.8 Å². The Morgan fingerprint density at radius 3 is 2.46 bits per heavy atom. The Morgan fingerprint density at radius 2 is 1.92 bits per heavy atom. The lowest BCUT2D eigenvalue weighted by molar-refractivity contribution is 0.0679. The van der Waals surface area contributed by atoms with Gasteiger partial charge in [-0.25, -0.2) is 0 Å². The number of aromatic nitrogens is 2. The minimum Gasteiger partial charge on any atom is -0.383 e. The fourth-order valence-corrected chi connectivity index (χ4v) is 2.75. The SMILES string of the molecule is COCCN(Cc1c(C)nn(C)c1C)C(=O)c1ccc(C)c(C)c1. The average Bonchev–Trinajstić information content (AvgIpc) is 2.79. The molecule has 0 aliphatic rings. The van der Waals surface area contributed by atoms with Gasteiger partial charge in [-0.1, -0.05) is 6.07 Å². The average molecular weight is 329 g/mol. The normalized spacial score (nSPS) is 10.9. The molecule has 2 rings (SSSR count). The molecule has 0 aliphatic carbocycles. The van der Waals surface area contributed by atoms with E-state index in [0.717, 1.165) is 22.5 Å². The minimum absolute atomic E-state index is 0.0257. The van der Waals surface area contributed by atoms with Gasteiger partial charge in [-0.05, 0) is 51.0 Å². The number of benzene rings is 1. The number of nitrogens with zero attached hydrogens (tertiary/aromatic N) is 3. The van der Waals surface area contributed by atoms with Gasteiger partial charge in [0.25, 0.3) is 5.91 Å². The van der Waals surface area contributed by atoms with Crippen LogP contribution >= 0.6 is 0 Å².